The second-order valence-electron chi connectivity index (χ2n) is 8.07. The molecule has 1 amide bonds. The van der Waals surface area contributed by atoms with Gasteiger partial charge in [0.1, 0.15) is 5.75 Å². The predicted molar refractivity (Wildman–Crippen MR) is 122 cm³/mol. The van der Waals surface area contributed by atoms with Gasteiger partial charge in [0.05, 0.1) is 18.6 Å². The van der Waals surface area contributed by atoms with E-state index in [0.717, 1.165) is 23.0 Å². The van der Waals surface area contributed by atoms with Gasteiger partial charge in [-0.15, -0.1) is 0 Å². The van der Waals surface area contributed by atoms with E-state index in [4.69, 9.17) is 4.74 Å². The van der Waals surface area contributed by atoms with Crippen LogP contribution in [-0.2, 0) is 21.4 Å². The summed E-state index contributed by atoms with van der Waals surface area (Å²) < 4.78 is 31.4. The van der Waals surface area contributed by atoms with Crippen molar-refractivity contribution in [2.24, 2.45) is 5.92 Å². The molecule has 0 spiro atoms. The Hall–Kier alpha value is -2.58. The molecule has 0 aromatic heterocycles. The van der Waals surface area contributed by atoms with Gasteiger partial charge in [-0.1, -0.05) is 19.1 Å². The van der Waals surface area contributed by atoms with Crippen LogP contribution >= 0.6 is 0 Å². The zero-order chi connectivity index (χ0) is 22.4. The third kappa shape index (κ3) is 5.98. The van der Waals surface area contributed by atoms with Gasteiger partial charge in [0.2, 0.25) is 15.9 Å². The molecule has 2 aromatic rings. The number of hydrogen-bond donors (Lipinski definition) is 1. The van der Waals surface area contributed by atoms with Crippen LogP contribution in [0.25, 0.3) is 0 Å². The Morgan fingerprint density at radius 3 is 2.45 bits per heavy atom. The van der Waals surface area contributed by atoms with E-state index in [1.807, 2.05) is 12.1 Å². The predicted octanol–water partition coefficient (Wildman–Crippen LogP) is 2.87. The number of piperidine rings is 1. The summed E-state index contributed by atoms with van der Waals surface area (Å²) in [5, 5.41) is 2.80. The normalized spacial score (nSPS) is 16.9. The standard InChI is InChI=1S/C23H31N3O4S/c1-18-5-4-14-26(16-18)20-8-6-19(7-9-20)15-24-23(27)17-25(2)31(28,29)22-12-10-21(30-3)11-13-22/h6-13,18H,4-5,14-17H2,1-3H3,(H,24,27)/t18-/m0/s1. The lowest BCUT2D eigenvalue weighted by atomic mass is 9.99. The Morgan fingerprint density at radius 1 is 1.16 bits per heavy atom. The van der Waals surface area contributed by atoms with Crippen molar-refractivity contribution in [1.29, 1.82) is 0 Å². The van der Waals surface area contributed by atoms with E-state index >= 15 is 0 Å². The quantitative estimate of drug-likeness (QED) is 0.676. The molecule has 1 aliphatic rings. The molecule has 1 saturated heterocycles. The molecule has 31 heavy (non-hydrogen) atoms. The Balaban J connectivity index is 1.52. The Labute approximate surface area is 185 Å². The van der Waals surface area contributed by atoms with Gasteiger partial charge < -0.3 is 15.0 Å². The summed E-state index contributed by atoms with van der Waals surface area (Å²) in [5.74, 6) is 0.924. The van der Waals surface area contributed by atoms with Gasteiger partial charge in [0.15, 0.2) is 0 Å². The van der Waals surface area contributed by atoms with Gasteiger partial charge in [-0.05, 0) is 60.7 Å². The summed E-state index contributed by atoms with van der Waals surface area (Å²) in [5.41, 5.74) is 2.18. The zero-order valence-electron chi connectivity index (χ0n) is 18.4. The third-order valence-electron chi connectivity index (χ3n) is 5.58. The van der Waals surface area contributed by atoms with Crippen LogP contribution in [0.15, 0.2) is 53.4 Å². The van der Waals surface area contributed by atoms with Crippen LogP contribution in [0.1, 0.15) is 25.3 Å². The largest absolute Gasteiger partial charge is 0.497 e. The number of carbonyl (C=O) groups is 1. The van der Waals surface area contributed by atoms with Crippen molar-refractivity contribution >= 4 is 21.6 Å². The highest BCUT2D eigenvalue weighted by Gasteiger charge is 2.23. The van der Waals surface area contributed by atoms with Crippen molar-refractivity contribution in [3.05, 3.63) is 54.1 Å². The number of sulfonamides is 1. The Morgan fingerprint density at radius 2 is 1.84 bits per heavy atom. The van der Waals surface area contributed by atoms with Crippen molar-refractivity contribution < 1.29 is 17.9 Å². The molecule has 1 heterocycles. The van der Waals surface area contributed by atoms with Crippen LogP contribution in [0.3, 0.4) is 0 Å². The average molecular weight is 446 g/mol. The molecule has 0 unspecified atom stereocenters. The van der Waals surface area contributed by atoms with Gasteiger partial charge in [0, 0.05) is 32.4 Å². The number of nitrogens with zero attached hydrogens (tertiary/aromatic N) is 2. The van der Waals surface area contributed by atoms with Crippen molar-refractivity contribution in [3.8, 4) is 5.75 Å². The fourth-order valence-corrected chi connectivity index (χ4v) is 4.85. The number of amides is 1. The molecule has 0 saturated carbocycles. The average Bonchev–Trinajstić information content (AvgIpc) is 2.78. The fraction of sp³-hybridized carbons (Fsp3) is 0.435. The van der Waals surface area contributed by atoms with Gasteiger partial charge in [0.25, 0.3) is 0 Å². The summed E-state index contributed by atoms with van der Waals surface area (Å²) >= 11 is 0. The van der Waals surface area contributed by atoms with E-state index in [9.17, 15) is 13.2 Å². The SMILES string of the molecule is COc1ccc(S(=O)(=O)N(C)CC(=O)NCc2ccc(N3CCC[C@H](C)C3)cc2)cc1. The topological polar surface area (TPSA) is 79.0 Å². The summed E-state index contributed by atoms with van der Waals surface area (Å²) in [4.78, 5) is 14.8. The Kier molecular flexibility index (Phi) is 7.56. The van der Waals surface area contributed by atoms with Gasteiger partial charge in [-0.25, -0.2) is 8.42 Å². The minimum atomic E-state index is -3.75. The number of rotatable bonds is 8. The molecule has 1 atom stereocenters. The molecular weight excluding hydrogens is 414 g/mol. The molecule has 8 heteroatoms. The summed E-state index contributed by atoms with van der Waals surface area (Å²) in [7, 11) is -0.841. The van der Waals surface area contributed by atoms with Crippen LogP contribution in [0.5, 0.6) is 5.75 Å². The van der Waals surface area contributed by atoms with E-state index in [0.29, 0.717) is 18.2 Å². The maximum absolute atomic E-state index is 12.7. The number of benzene rings is 2. The minimum Gasteiger partial charge on any atom is -0.497 e. The van der Waals surface area contributed by atoms with Crippen LogP contribution in [-0.4, -0.2) is 52.4 Å². The van der Waals surface area contributed by atoms with E-state index in [1.54, 1.807) is 12.1 Å². The first-order valence-corrected chi connectivity index (χ1v) is 11.9. The first-order chi connectivity index (χ1) is 14.8. The summed E-state index contributed by atoms with van der Waals surface area (Å²) in [6.45, 7) is 4.53. The second kappa shape index (κ2) is 10.2. The number of nitrogens with one attached hydrogen (secondary N) is 1. The van der Waals surface area contributed by atoms with Crippen LogP contribution < -0.4 is 15.0 Å². The highest BCUT2D eigenvalue weighted by atomic mass is 32.2. The second-order valence-corrected chi connectivity index (χ2v) is 10.1. The molecular formula is C23H31N3O4S. The number of anilines is 1. The molecule has 7 nitrogen and oxygen atoms in total. The van der Waals surface area contributed by atoms with E-state index < -0.39 is 10.0 Å². The lowest BCUT2D eigenvalue weighted by Crippen LogP contribution is -2.38. The number of carbonyl (C=O) groups excluding carboxylic acids is 1. The smallest absolute Gasteiger partial charge is 0.243 e. The first-order valence-electron chi connectivity index (χ1n) is 10.5. The molecule has 0 radical (unpaired) electrons. The van der Waals surface area contributed by atoms with Crippen LogP contribution in [0.2, 0.25) is 0 Å². The van der Waals surface area contributed by atoms with Gasteiger partial charge in [-0.3, -0.25) is 4.79 Å². The number of likely N-dealkylation sites (N-methyl/N-ethyl adjacent to an activating group) is 1. The number of methoxy groups -OCH3 is 1. The van der Waals surface area contributed by atoms with Crippen LogP contribution in [0.4, 0.5) is 5.69 Å². The molecule has 1 aliphatic heterocycles. The van der Waals surface area contributed by atoms with Crippen molar-refractivity contribution in [2.45, 2.75) is 31.2 Å². The van der Waals surface area contributed by atoms with Crippen molar-refractivity contribution in [3.63, 3.8) is 0 Å². The lowest BCUT2D eigenvalue weighted by Gasteiger charge is -2.32. The van der Waals surface area contributed by atoms with Crippen molar-refractivity contribution in [2.75, 3.05) is 38.7 Å². The zero-order valence-corrected chi connectivity index (χ0v) is 19.2. The molecule has 2 aromatic carbocycles. The monoisotopic (exact) mass is 445 g/mol. The molecule has 3 rings (SSSR count). The molecule has 0 aliphatic carbocycles. The van der Waals surface area contributed by atoms with Crippen molar-refractivity contribution in [1.82, 2.24) is 9.62 Å². The minimum absolute atomic E-state index is 0.117. The van der Waals surface area contributed by atoms with E-state index in [1.165, 1.54) is 44.8 Å². The van der Waals surface area contributed by atoms with Crippen LogP contribution in [0, 0.1) is 5.92 Å². The number of hydrogen-bond acceptors (Lipinski definition) is 5. The highest BCUT2D eigenvalue weighted by molar-refractivity contribution is 7.89. The first kappa shape index (κ1) is 23.1. The molecule has 0 bridgehead atoms. The maximum Gasteiger partial charge on any atom is 0.243 e. The fourth-order valence-electron chi connectivity index (χ4n) is 3.72. The molecule has 1 N–H and O–H groups in total. The molecule has 168 valence electrons. The van der Waals surface area contributed by atoms with Gasteiger partial charge >= 0.3 is 0 Å². The van der Waals surface area contributed by atoms with Gasteiger partial charge in [-0.2, -0.15) is 4.31 Å². The maximum atomic E-state index is 12.7. The highest BCUT2D eigenvalue weighted by Crippen LogP contribution is 2.23. The summed E-state index contributed by atoms with van der Waals surface area (Å²) in [6.07, 6.45) is 2.50. The third-order valence-corrected chi connectivity index (χ3v) is 7.40. The Bertz CT molecular complexity index is 975. The lowest BCUT2D eigenvalue weighted by molar-refractivity contribution is -0.121. The number of ether oxygens (including phenoxy) is 1. The van der Waals surface area contributed by atoms with E-state index in [-0.39, 0.29) is 17.3 Å². The summed E-state index contributed by atoms with van der Waals surface area (Å²) in [6, 6.07) is 14.3. The van der Waals surface area contributed by atoms with E-state index in [2.05, 4.69) is 29.3 Å². The molecule has 1 fully saturated rings.